The maximum absolute atomic E-state index is 12.8. The predicted octanol–water partition coefficient (Wildman–Crippen LogP) is 2.62. The number of nitrogens with zero attached hydrogens (tertiary/aromatic N) is 6. The number of aryl methyl sites for hydroxylation is 2. The Labute approximate surface area is 184 Å². The molecule has 0 aliphatic carbocycles. The SMILES string of the molecule is Cc1ccc(-c2noc(C)c2Cn2ncc(N3CC(Oc4ccncc4)C3)cc2=O)cn1. The highest BCUT2D eigenvalue weighted by Gasteiger charge is 2.29. The van der Waals surface area contributed by atoms with Crippen molar-refractivity contribution in [3.05, 3.63) is 82.5 Å². The first-order valence-electron chi connectivity index (χ1n) is 10.3. The largest absolute Gasteiger partial charge is 0.487 e. The summed E-state index contributed by atoms with van der Waals surface area (Å²) in [4.78, 5) is 23.1. The van der Waals surface area contributed by atoms with Crippen molar-refractivity contribution in [3.63, 3.8) is 0 Å². The van der Waals surface area contributed by atoms with Crippen LogP contribution in [0.5, 0.6) is 5.75 Å². The van der Waals surface area contributed by atoms with Crippen LogP contribution >= 0.6 is 0 Å². The molecule has 0 aromatic carbocycles. The monoisotopic (exact) mass is 430 g/mol. The molecule has 5 heterocycles. The standard InChI is InChI=1S/C23H22N6O3/c1-15-3-4-17(10-25-15)23-21(16(2)32-27-23)14-29-22(30)9-18(11-26-29)28-12-20(13-28)31-19-5-7-24-8-6-19/h3-11,20H,12-14H2,1-2H3. The summed E-state index contributed by atoms with van der Waals surface area (Å²) in [5, 5.41) is 8.55. The van der Waals surface area contributed by atoms with Gasteiger partial charge in [0, 0.05) is 41.5 Å². The third-order valence-electron chi connectivity index (χ3n) is 5.50. The van der Waals surface area contributed by atoms with Crippen LogP contribution in [0, 0.1) is 13.8 Å². The summed E-state index contributed by atoms with van der Waals surface area (Å²) < 4.78 is 12.7. The van der Waals surface area contributed by atoms with Crippen molar-refractivity contribution in [1.29, 1.82) is 0 Å². The van der Waals surface area contributed by atoms with E-state index >= 15 is 0 Å². The van der Waals surface area contributed by atoms with E-state index in [1.54, 1.807) is 30.9 Å². The van der Waals surface area contributed by atoms with Crippen LogP contribution in [0.1, 0.15) is 17.0 Å². The molecule has 0 spiro atoms. The van der Waals surface area contributed by atoms with E-state index in [2.05, 4.69) is 25.1 Å². The lowest BCUT2D eigenvalue weighted by atomic mass is 10.1. The molecule has 0 unspecified atom stereocenters. The van der Waals surface area contributed by atoms with Crippen LogP contribution < -0.4 is 15.2 Å². The Kier molecular flexibility index (Phi) is 5.14. The van der Waals surface area contributed by atoms with Crippen molar-refractivity contribution in [3.8, 4) is 17.0 Å². The fourth-order valence-electron chi connectivity index (χ4n) is 3.61. The molecule has 9 nitrogen and oxygen atoms in total. The second-order valence-electron chi connectivity index (χ2n) is 7.79. The van der Waals surface area contributed by atoms with Crippen molar-refractivity contribution in [2.24, 2.45) is 0 Å². The minimum atomic E-state index is -0.186. The van der Waals surface area contributed by atoms with Gasteiger partial charge in [-0.3, -0.25) is 14.8 Å². The minimum absolute atomic E-state index is 0.0742. The average Bonchev–Trinajstić information content (AvgIpc) is 3.13. The number of aromatic nitrogens is 5. The van der Waals surface area contributed by atoms with Gasteiger partial charge in [-0.1, -0.05) is 5.16 Å². The Hall–Kier alpha value is -4.01. The summed E-state index contributed by atoms with van der Waals surface area (Å²) in [6.45, 7) is 5.42. The zero-order valence-corrected chi connectivity index (χ0v) is 17.8. The van der Waals surface area contributed by atoms with Crippen LogP contribution in [0.2, 0.25) is 0 Å². The molecular formula is C23H22N6O3. The number of rotatable bonds is 6. The fraction of sp³-hybridized carbons (Fsp3) is 0.261. The van der Waals surface area contributed by atoms with Gasteiger partial charge in [0.25, 0.3) is 5.56 Å². The summed E-state index contributed by atoms with van der Waals surface area (Å²) in [7, 11) is 0. The number of hydrogen-bond acceptors (Lipinski definition) is 8. The molecule has 0 amide bonds. The second kappa shape index (κ2) is 8.26. The summed E-state index contributed by atoms with van der Waals surface area (Å²) in [6, 6.07) is 9.13. The molecule has 0 saturated carbocycles. The molecule has 162 valence electrons. The predicted molar refractivity (Wildman–Crippen MR) is 118 cm³/mol. The van der Waals surface area contributed by atoms with Crippen LogP contribution in [0.25, 0.3) is 11.3 Å². The number of ether oxygens (including phenoxy) is 1. The molecule has 0 radical (unpaired) electrons. The second-order valence-corrected chi connectivity index (χ2v) is 7.79. The highest BCUT2D eigenvalue weighted by atomic mass is 16.5. The van der Waals surface area contributed by atoms with Gasteiger partial charge in [0.2, 0.25) is 0 Å². The van der Waals surface area contributed by atoms with Crippen molar-refractivity contribution in [2.45, 2.75) is 26.5 Å². The average molecular weight is 430 g/mol. The van der Waals surface area contributed by atoms with Crippen LogP contribution in [0.4, 0.5) is 5.69 Å². The number of anilines is 1. The van der Waals surface area contributed by atoms with E-state index in [4.69, 9.17) is 9.26 Å². The van der Waals surface area contributed by atoms with Gasteiger partial charge in [0.1, 0.15) is 23.3 Å². The molecule has 0 N–H and O–H groups in total. The zero-order valence-electron chi connectivity index (χ0n) is 17.8. The van der Waals surface area contributed by atoms with E-state index in [0.717, 1.165) is 28.3 Å². The smallest absolute Gasteiger partial charge is 0.269 e. The molecule has 4 aromatic heterocycles. The van der Waals surface area contributed by atoms with Gasteiger partial charge in [-0.15, -0.1) is 0 Å². The molecule has 1 saturated heterocycles. The van der Waals surface area contributed by atoms with E-state index < -0.39 is 0 Å². The van der Waals surface area contributed by atoms with Gasteiger partial charge in [-0.05, 0) is 38.1 Å². The Balaban J connectivity index is 1.29. The summed E-state index contributed by atoms with van der Waals surface area (Å²) >= 11 is 0. The van der Waals surface area contributed by atoms with Crippen LogP contribution in [0.3, 0.4) is 0 Å². The Bertz CT molecular complexity index is 1280. The maximum Gasteiger partial charge on any atom is 0.269 e. The molecule has 0 atom stereocenters. The van der Waals surface area contributed by atoms with E-state index in [0.29, 0.717) is 24.5 Å². The van der Waals surface area contributed by atoms with E-state index in [1.165, 1.54) is 4.68 Å². The lowest BCUT2D eigenvalue weighted by Gasteiger charge is -2.40. The molecule has 32 heavy (non-hydrogen) atoms. The highest BCUT2D eigenvalue weighted by molar-refractivity contribution is 5.62. The van der Waals surface area contributed by atoms with Crippen molar-refractivity contribution >= 4 is 5.69 Å². The van der Waals surface area contributed by atoms with Crippen LogP contribution in [-0.4, -0.2) is 44.1 Å². The normalized spacial score (nSPS) is 13.8. The Morgan fingerprint density at radius 2 is 1.94 bits per heavy atom. The maximum atomic E-state index is 12.8. The summed E-state index contributed by atoms with van der Waals surface area (Å²) in [5.74, 6) is 1.44. The highest BCUT2D eigenvalue weighted by Crippen LogP contribution is 2.26. The topological polar surface area (TPSA) is 99.2 Å². The molecule has 1 aliphatic rings. The molecule has 1 aliphatic heterocycles. The third kappa shape index (κ3) is 3.96. The number of pyridine rings is 2. The van der Waals surface area contributed by atoms with Gasteiger partial charge in [-0.2, -0.15) is 5.10 Å². The van der Waals surface area contributed by atoms with Gasteiger partial charge in [0.15, 0.2) is 0 Å². The minimum Gasteiger partial charge on any atom is -0.487 e. The first-order valence-corrected chi connectivity index (χ1v) is 10.3. The van der Waals surface area contributed by atoms with Crippen LogP contribution in [0.15, 0.2) is 64.4 Å². The lowest BCUT2D eigenvalue weighted by molar-refractivity contribution is 0.167. The fourth-order valence-corrected chi connectivity index (χ4v) is 3.61. The van der Waals surface area contributed by atoms with E-state index in [9.17, 15) is 4.79 Å². The molecule has 0 bridgehead atoms. The number of hydrogen-bond donors (Lipinski definition) is 0. The molecule has 9 heteroatoms. The molecule has 5 rings (SSSR count). The van der Waals surface area contributed by atoms with Gasteiger partial charge in [-0.25, -0.2) is 4.68 Å². The summed E-state index contributed by atoms with van der Waals surface area (Å²) in [5.41, 5.74) is 3.84. The quantitative estimate of drug-likeness (QED) is 0.460. The molecule has 1 fully saturated rings. The van der Waals surface area contributed by atoms with Crippen molar-refractivity contribution in [1.82, 2.24) is 24.9 Å². The van der Waals surface area contributed by atoms with Crippen molar-refractivity contribution < 1.29 is 9.26 Å². The van der Waals surface area contributed by atoms with E-state index in [1.807, 2.05) is 38.1 Å². The van der Waals surface area contributed by atoms with Gasteiger partial charge < -0.3 is 14.2 Å². The lowest BCUT2D eigenvalue weighted by Crippen LogP contribution is -2.54. The van der Waals surface area contributed by atoms with E-state index in [-0.39, 0.29) is 18.2 Å². The zero-order chi connectivity index (χ0) is 22.1. The first kappa shape index (κ1) is 19.9. The Morgan fingerprint density at radius 1 is 1.12 bits per heavy atom. The van der Waals surface area contributed by atoms with Gasteiger partial charge >= 0.3 is 0 Å². The summed E-state index contributed by atoms with van der Waals surface area (Å²) in [6.07, 6.45) is 6.94. The van der Waals surface area contributed by atoms with Gasteiger partial charge in [0.05, 0.1) is 31.5 Å². The third-order valence-corrected chi connectivity index (χ3v) is 5.50. The molecular weight excluding hydrogens is 408 g/mol. The first-order chi connectivity index (χ1) is 15.6. The molecule has 4 aromatic rings. The van der Waals surface area contributed by atoms with Crippen molar-refractivity contribution in [2.75, 3.05) is 18.0 Å². The van der Waals surface area contributed by atoms with Crippen LogP contribution in [-0.2, 0) is 6.54 Å². The Morgan fingerprint density at radius 3 is 2.66 bits per heavy atom.